The Morgan fingerprint density at radius 2 is 2.05 bits per heavy atom. The lowest BCUT2D eigenvalue weighted by molar-refractivity contribution is 0.598. The predicted octanol–water partition coefficient (Wildman–Crippen LogP) is 1.77. The molecular weight excluding hydrogens is 409 g/mol. The highest BCUT2D eigenvalue weighted by Crippen LogP contribution is 2.14. The summed E-state index contributed by atoms with van der Waals surface area (Å²) in [7, 11) is -1.18. The van der Waals surface area contributed by atoms with Crippen molar-refractivity contribution in [3.63, 3.8) is 0 Å². The Morgan fingerprint density at radius 3 is 2.55 bits per heavy atom. The number of sulfone groups is 1. The molecule has 0 fully saturated rings. The van der Waals surface area contributed by atoms with Crippen LogP contribution in [-0.4, -0.2) is 40.0 Å². The molecule has 0 saturated heterocycles. The number of hydrogen-bond acceptors (Lipinski definition) is 4. The maximum Gasteiger partial charge on any atom is 0.191 e. The van der Waals surface area contributed by atoms with Gasteiger partial charge in [-0.15, -0.1) is 35.3 Å². The summed E-state index contributed by atoms with van der Waals surface area (Å²) in [6, 6.07) is 4.17. The van der Waals surface area contributed by atoms with Crippen LogP contribution < -0.4 is 10.6 Å². The summed E-state index contributed by atoms with van der Waals surface area (Å²) in [6.45, 7) is 3.40. The summed E-state index contributed by atoms with van der Waals surface area (Å²) in [5.74, 6) is 0.890. The summed E-state index contributed by atoms with van der Waals surface area (Å²) < 4.78 is 22.0. The zero-order valence-electron chi connectivity index (χ0n) is 12.0. The Balaban J connectivity index is 0.00000361. The minimum Gasteiger partial charge on any atom is -0.356 e. The number of nitrogens with one attached hydrogen (secondary N) is 2. The number of halogens is 1. The van der Waals surface area contributed by atoms with Gasteiger partial charge in [0, 0.05) is 29.6 Å². The molecule has 0 aromatic carbocycles. The smallest absolute Gasteiger partial charge is 0.191 e. The highest BCUT2D eigenvalue weighted by Gasteiger charge is 2.03. The van der Waals surface area contributed by atoms with E-state index in [-0.39, 0.29) is 29.7 Å². The van der Waals surface area contributed by atoms with Crippen LogP contribution in [0.4, 0.5) is 0 Å². The second kappa shape index (κ2) is 9.56. The second-order valence-corrected chi connectivity index (χ2v) is 7.98. The lowest BCUT2D eigenvalue weighted by Gasteiger charge is -2.10. The third-order valence-electron chi connectivity index (χ3n) is 2.43. The molecule has 1 rings (SSSR count). The van der Waals surface area contributed by atoms with Crippen molar-refractivity contribution in [3.05, 3.63) is 21.9 Å². The van der Waals surface area contributed by atoms with Gasteiger partial charge in [-0.05, 0) is 25.5 Å². The quantitative estimate of drug-likeness (QED) is 0.312. The first-order valence-electron chi connectivity index (χ1n) is 6.08. The molecule has 20 heavy (non-hydrogen) atoms. The van der Waals surface area contributed by atoms with Crippen molar-refractivity contribution >= 4 is 51.1 Å². The standard InChI is InChI=1S/C12H21N3O2S2.HI/c1-10-5-6-11(18-10)9-15-12(13-2)14-7-4-8-19(3,16)17;/h5-6H,4,7-9H2,1-3H3,(H2,13,14,15);1H. The largest absolute Gasteiger partial charge is 0.356 e. The first kappa shape index (κ1) is 19.7. The van der Waals surface area contributed by atoms with Gasteiger partial charge in [-0.25, -0.2) is 8.42 Å². The van der Waals surface area contributed by atoms with Crippen LogP contribution in [0.2, 0.25) is 0 Å². The molecule has 0 bridgehead atoms. The molecule has 1 aromatic rings. The van der Waals surface area contributed by atoms with Crippen molar-refractivity contribution in [3.8, 4) is 0 Å². The molecule has 5 nitrogen and oxygen atoms in total. The maximum absolute atomic E-state index is 11.0. The molecule has 2 N–H and O–H groups in total. The average molecular weight is 431 g/mol. The maximum atomic E-state index is 11.0. The lowest BCUT2D eigenvalue weighted by atomic mass is 10.4. The highest BCUT2D eigenvalue weighted by atomic mass is 127. The molecule has 0 atom stereocenters. The zero-order chi connectivity index (χ0) is 14.3. The summed E-state index contributed by atoms with van der Waals surface area (Å²) in [5, 5.41) is 6.29. The molecule has 0 aliphatic rings. The van der Waals surface area contributed by atoms with E-state index in [0.29, 0.717) is 18.9 Å². The van der Waals surface area contributed by atoms with Gasteiger partial charge in [0.2, 0.25) is 0 Å². The topological polar surface area (TPSA) is 70.6 Å². The minimum atomic E-state index is -2.88. The highest BCUT2D eigenvalue weighted by molar-refractivity contribution is 14.0. The van der Waals surface area contributed by atoms with E-state index < -0.39 is 9.84 Å². The zero-order valence-corrected chi connectivity index (χ0v) is 15.9. The third kappa shape index (κ3) is 8.75. The van der Waals surface area contributed by atoms with E-state index >= 15 is 0 Å². The van der Waals surface area contributed by atoms with Crippen LogP contribution >= 0.6 is 35.3 Å². The van der Waals surface area contributed by atoms with Gasteiger partial charge in [-0.2, -0.15) is 0 Å². The van der Waals surface area contributed by atoms with Gasteiger partial charge in [0.15, 0.2) is 5.96 Å². The van der Waals surface area contributed by atoms with Crippen LogP contribution in [0.5, 0.6) is 0 Å². The Kier molecular flexibility index (Phi) is 9.39. The number of rotatable bonds is 6. The molecule has 0 aliphatic heterocycles. The minimum absolute atomic E-state index is 0. The van der Waals surface area contributed by atoms with Crippen LogP contribution in [0, 0.1) is 6.92 Å². The van der Waals surface area contributed by atoms with E-state index in [1.807, 2.05) is 0 Å². The molecule has 1 aromatic heterocycles. The van der Waals surface area contributed by atoms with Crippen molar-refractivity contribution in [1.82, 2.24) is 10.6 Å². The summed E-state index contributed by atoms with van der Waals surface area (Å²) >= 11 is 1.75. The van der Waals surface area contributed by atoms with Gasteiger partial charge in [-0.3, -0.25) is 4.99 Å². The van der Waals surface area contributed by atoms with Crippen LogP contribution in [0.3, 0.4) is 0 Å². The van der Waals surface area contributed by atoms with Crippen LogP contribution in [0.1, 0.15) is 16.2 Å². The number of nitrogens with zero attached hydrogens (tertiary/aromatic N) is 1. The molecule has 8 heteroatoms. The molecule has 0 amide bonds. The Labute approximate surface area is 142 Å². The lowest BCUT2D eigenvalue weighted by Crippen LogP contribution is -2.37. The fourth-order valence-corrected chi connectivity index (χ4v) is 3.01. The molecule has 0 spiro atoms. The first-order chi connectivity index (χ1) is 8.90. The van der Waals surface area contributed by atoms with Crippen LogP contribution in [0.15, 0.2) is 17.1 Å². The van der Waals surface area contributed by atoms with Crippen molar-refractivity contribution in [2.45, 2.75) is 19.9 Å². The Morgan fingerprint density at radius 1 is 1.35 bits per heavy atom. The van der Waals surface area contributed by atoms with Gasteiger partial charge >= 0.3 is 0 Å². The van der Waals surface area contributed by atoms with Gasteiger partial charge < -0.3 is 10.6 Å². The van der Waals surface area contributed by atoms with E-state index in [4.69, 9.17) is 0 Å². The fourth-order valence-electron chi connectivity index (χ4n) is 1.51. The van der Waals surface area contributed by atoms with Crippen LogP contribution in [-0.2, 0) is 16.4 Å². The molecule has 116 valence electrons. The summed E-state index contributed by atoms with van der Waals surface area (Å²) in [5.41, 5.74) is 0. The van der Waals surface area contributed by atoms with Gasteiger partial charge in [0.05, 0.1) is 12.3 Å². The third-order valence-corrected chi connectivity index (χ3v) is 4.46. The molecular formula is C12H22IN3O2S2. The number of aryl methyl sites for hydroxylation is 1. The van der Waals surface area contributed by atoms with Crippen molar-refractivity contribution in [1.29, 1.82) is 0 Å². The van der Waals surface area contributed by atoms with E-state index in [2.05, 4.69) is 34.7 Å². The second-order valence-electron chi connectivity index (χ2n) is 4.35. The molecule has 0 unspecified atom stereocenters. The number of hydrogen-bond donors (Lipinski definition) is 2. The average Bonchev–Trinajstić information content (AvgIpc) is 2.73. The fraction of sp³-hybridized carbons (Fsp3) is 0.583. The van der Waals surface area contributed by atoms with Gasteiger partial charge in [-0.1, -0.05) is 0 Å². The molecule has 0 radical (unpaired) electrons. The van der Waals surface area contributed by atoms with Gasteiger partial charge in [0.1, 0.15) is 9.84 Å². The van der Waals surface area contributed by atoms with Gasteiger partial charge in [0.25, 0.3) is 0 Å². The van der Waals surface area contributed by atoms with Crippen molar-refractivity contribution < 1.29 is 8.42 Å². The Bertz CT molecular complexity index is 527. The van der Waals surface area contributed by atoms with Crippen molar-refractivity contribution in [2.75, 3.05) is 25.6 Å². The van der Waals surface area contributed by atoms with E-state index in [9.17, 15) is 8.42 Å². The van der Waals surface area contributed by atoms with E-state index in [0.717, 1.165) is 6.54 Å². The number of aliphatic imine (C=N–C) groups is 1. The number of thiophene rings is 1. The van der Waals surface area contributed by atoms with E-state index in [1.165, 1.54) is 16.0 Å². The van der Waals surface area contributed by atoms with Crippen molar-refractivity contribution in [2.24, 2.45) is 4.99 Å². The van der Waals surface area contributed by atoms with Crippen LogP contribution in [0.25, 0.3) is 0 Å². The first-order valence-corrected chi connectivity index (χ1v) is 8.96. The predicted molar refractivity (Wildman–Crippen MR) is 97.0 cm³/mol. The number of guanidine groups is 1. The SMILES string of the molecule is CN=C(NCCCS(C)(=O)=O)NCc1ccc(C)s1.I. The summed E-state index contributed by atoms with van der Waals surface area (Å²) in [6.07, 6.45) is 1.83. The Hall–Kier alpha value is -0.350. The normalized spacial score (nSPS) is 11.8. The molecule has 1 heterocycles. The molecule has 0 saturated carbocycles. The molecule has 0 aliphatic carbocycles. The van der Waals surface area contributed by atoms with E-state index in [1.54, 1.807) is 18.4 Å². The monoisotopic (exact) mass is 431 g/mol. The summed E-state index contributed by atoms with van der Waals surface area (Å²) in [4.78, 5) is 6.63.